The lowest BCUT2D eigenvalue weighted by Gasteiger charge is -2.34. The average molecular weight is 401 g/mol. The van der Waals surface area contributed by atoms with Gasteiger partial charge in [0.1, 0.15) is 10.6 Å². The van der Waals surface area contributed by atoms with Crippen LogP contribution in [0.1, 0.15) is 25.5 Å². The van der Waals surface area contributed by atoms with E-state index < -0.39 is 14.6 Å². The van der Waals surface area contributed by atoms with Gasteiger partial charge in [0, 0.05) is 24.2 Å². The maximum Gasteiger partial charge on any atom is 0.224 e. The number of ether oxygens (including phenoxy) is 1. The predicted molar refractivity (Wildman–Crippen MR) is 94.9 cm³/mol. The minimum Gasteiger partial charge on any atom is -0.377 e. The van der Waals surface area contributed by atoms with Crippen molar-refractivity contribution in [3.05, 3.63) is 28.6 Å². The first-order valence-corrected chi connectivity index (χ1v) is 10.7. The highest BCUT2D eigenvalue weighted by atomic mass is 35.5. The number of hydrogen-bond acceptors (Lipinski definition) is 8. The minimum atomic E-state index is -3.60. The molecule has 134 valence electrons. The number of hydrogen-bond donors (Lipinski definition) is 0. The van der Waals surface area contributed by atoms with Crippen molar-refractivity contribution in [1.82, 2.24) is 15.0 Å². The summed E-state index contributed by atoms with van der Waals surface area (Å²) in [6.07, 6.45) is 2.53. The van der Waals surface area contributed by atoms with Crippen LogP contribution < -0.4 is 4.90 Å². The summed E-state index contributed by atoms with van der Waals surface area (Å²) in [4.78, 5) is 14.6. The Kier molecular flexibility index (Phi) is 4.22. The third-order valence-corrected chi connectivity index (χ3v) is 8.56. The van der Waals surface area contributed by atoms with Gasteiger partial charge in [0.25, 0.3) is 0 Å². The van der Waals surface area contributed by atoms with E-state index in [0.29, 0.717) is 44.1 Å². The second-order valence-electron chi connectivity index (χ2n) is 6.29. The van der Waals surface area contributed by atoms with Crippen molar-refractivity contribution >= 4 is 38.6 Å². The highest BCUT2D eigenvalue weighted by molar-refractivity contribution is 7.94. The second kappa shape index (κ2) is 6.15. The summed E-state index contributed by atoms with van der Waals surface area (Å²) >= 11 is 7.26. The van der Waals surface area contributed by atoms with Gasteiger partial charge in [-0.2, -0.15) is 0 Å². The van der Waals surface area contributed by atoms with E-state index in [9.17, 15) is 8.42 Å². The first-order chi connectivity index (χ1) is 11.9. The van der Waals surface area contributed by atoms with Crippen LogP contribution in [0.2, 0.25) is 5.28 Å². The van der Waals surface area contributed by atoms with Gasteiger partial charge in [-0.05, 0) is 31.4 Å². The molecular formula is C15H17ClN4O3S2. The van der Waals surface area contributed by atoms with Gasteiger partial charge in [0.05, 0.1) is 24.9 Å². The van der Waals surface area contributed by atoms with Crippen LogP contribution in [0.5, 0.6) is 0 Å². The Hall–Kier alpha value is -1.29. The molecule has 1 saturated heterocycles. The Morgan fingerprint density at radius 2 is 2.20 bits per heavy atom. The van der Waals surface area contributed by atoms with E-state index in [1.165, 1.54) is 6.20 Å². The molecule has 1 saturated carbocycles. The van der Waals surface area contributed by atoms with Crippen LogP contribution in [0.15, 0.2) is 22.0 Å². The lowest BCUT2D eigenvalue weighted by Crippen LogP contribution is -2.44. The molecule has 2 aromatic heterocycles. The van der Waals surface area contributed by atoms with Crippen molar-refractivity contribution in [2.45, 2.75) is 34.9 Å². The molecule has 1 atom stereocenters. The zero-order valence-corrected chi connectivity index (χ0v) is 15.9. The van der Waals surface area contributed by atoms with Crippen molar-refractivity contribution in [3.63, 3.8) is 0 Å². The van der Waals surface area contributed by atoms with Crippen molar-refractivity contribution in [2.24, 2.45) is 0 Å². The molecule has 0 N–H and O–H groups in total. The van der Waals surface area contributed by atoms with Gasteiger partial charge < -0.3 is 9.64 Å². The Morgan fingerprint density at radius 1 is 1.40 bits per heavy atom. The molecule has 7 nitrogen and oxygen atoms in total. The van der Waals surface area contributed by atoms with Gasteiger partial charge in [0.2, 0.25) is 19.5 Å². The molecule has 0 spiro atoms. The van der Waals surface area contributed by atoms with Gasteiger partial charge in [0.15, 0.2) is 0 Å². The number of nitrogens with zero attached hydrogens (tertiary/aromatic N) is 4. The van der Waals surface area contributed by atoms with Crippen molar-refractivity contribution in [1.29, 1.82) is 0 Å². The molecule has 2 aliphatic rings. The number of halogens is 1. The fourth-order valence-corrected chi connectivity index (χ4v) is 6.38. The van der Waals surface area contributed by atoms with Crippen LogP contribution in [-0.4, -0.2) is 49.2 Å². The SMILES string of the molecule is C[C@H]1COCCN1c1cc(C2(S(=O)(=O)c3nccs3)CC2)nc(Cl)n1. The quantitative estimate of drug-likeness (QED) is 0.727. The Labute approximate surface area is 154 Å². The molecular weight excluding hydrogens is 384 g/mol. The van der Waals surface area contributed by atoms with Crippen LogP contribution in [0.3, 0.4) is 0 Å². The Balaban J connectivity index is 1.76. The van der Waals surface area contributed by atoms with E-state index in [0.717, 1.165) is 11.3 Å². The van der Waals surface area contributed by atoms with E-state index in [1.807, 2.05) is 6.92 Å². The van der Waals surface area contributed by atoms with Gasteiger partial charge in [-0.3, -0.25) is 0 Å². The van der Waals surface area contributed by atoms with Gasteiger partial charge >= 0.3 is 0 Å². The third kappa shape index (κ3) is 2.83. The average Bonchev–Trinajstić information content (AvgIpc) is 3.22. The molecule has 0 aromatic carbocycles. The number of aromatic nitrogens is 3. The summed E-state index contributed by atoms with van der Waals surface area (Å²) in [5.74, 6) is 0.645. The molecule has 0 radical (unpaired) electrons. The topological polar surface area (TPSA) is 85.3 Å². The van der Waals surface area contributed by atoms with E-state index in [4.69, 9.17) is 16.3 Å². The number of rotatable bonds is 4. The summed E-state index contributed by atoms with van der Waals surface area (Å²) in [6.45, 7) is 3.91. The molecule has 0 unspecified atom stereocenters. The van der Waals surface area contributed by atoms with Crippen molar-refractivity contribution < 1.29 is 13.2 Å². The number of anilines is 1. The van der Waals surface area contributed by atoms with Crippen LogP contribution in [0.4, 0.5) is 5.82 Å². The molecule has 1 aliphatic heterocycles. The third-order valence-electron chi connectivity index (χ3n) is 4.67. The summed E-state index contributed by atoms with van der Waals surface area (Å²) in [7, 11) is -3.60. The van der Waals surface area contributed by atoms with Gasteiger partial charge in [-0.15, -0.1) is 11.3 Å². The number of thiazole rings is 1. The number of sulfone groups is 1. The second-order valence-corrected chi connectivity index (χ2v) is 9.96. The lowest BCUT2D eigenvalue weighted by atomic mass is 10.2. The molecule has 2 aromatic rings. The highest BCUT2D eigenvalue weighted by Gasteiger charge is 2.59. The molecule has 0 amide bonds. The zero-order chi connectivity index (χ0) is 17.7. The molecule has 3 heterocycles. The minimum absolute atomic E-state index is 0.0619. The Morgan fingerprint density at radius 3 is 2.84 bits per heavy atom. The monoisotopic (exact) mass is 400 g/mol. The maximum atomic E-state index is 13.1. The normalized spacial score (nSPS) is 22.8. The largest absolute Gasteiger partial charge is 0.377 e. The van der Waals surface area contributed by atoms with Gasteiger partial charge in [-0.1, -0.05) is 0 Å². The van der Waals surface area contributed by atoms with Crippen LogP contribution >= 0.6 is 22.9 Å². The Bertz CT molecular complexity index is 884. The summed E-state index contributed by atoms with van der Waals surface area (Å²) in [6, 6.07) is 1.89. The van der Waals surface area contributed by atoms with Crippen LogP contribution in [0.25, 0.3) is 0 Å². The van der Waals surface area contributed by atoms with Gasteiger partial charge in [-0.25, -0.2) is 23.4 Å². The number of morpholine rings is 1. The zero-order valence-electron chi connectivity index (χ0n) is 13.6. The smallest absolute Gasteiger partial charge is 0.224 e. The van der Waals surface area contributed by atoms with Crippen molar-refractivity contribution in [2.75, 3.05) is 24.7 Å². The standard InChI is InChI=1S/C15H17ClN4O3S2/c1-10-9-23-6-5-20(10)12-8-11(18-13(16)19-12)15(2-3-15)25(21,22)14-17-4-7-24-14/h4,7-8,10H,2-3,5-6,9H2,1H3/t10-/m0/s1. The fraction of sp³-hybridized carbons (Fsp3) is 0.533. The lowest BCUT2D eigenvalue weighted by molar-refractivity contribution is 0.0985. The molecule has 10 heteroatoms. The fourth-order valence-electron chi connectivity index (χ4n) is 3.14. The molecule has 2 fully saturated rings. The highest BCUT2D eigenvalue weighted by Crippen LogP contribution is 2.55. The van der Waals surface area contributed by atoms with Crippen LogP contribution in [0, 0.1) is 0 Å². The summed E-state index contributed by atoms with van der Waals surface area (Å²) < 4.78 is 30.6. The molecule has 1 aliphatic carbocycles. The maximum absolute atomic E-state index is 13.1. The summed E-state index contributed by atoms with van der Waals surface area (Å²) in [5, 5.41) is 1.73. The summed E-state index contributed by atoms with van der Waals surface area (Å²) in [5.41, 5.74) is 0.455. The molecule has 0 bridgehead atoms. The van der Waals surface area contributed by atoms with E-state index >= 15 is 0 Å². The van der Waals surface area contributed by atoms with E-state index in [1.54, 1.807) is 11.4 Å². The van der Waals surface area contributed by atoms with Crippen LogP contribution in [-0.2, 0) is 19.3 Å². The molecule has 4 rings (SSSR count). The van der Waals surface area contributed by atoms with Crippen molar-refractivity contribution in [3.8, 4) is 0 Å². The molecule has 25 heavy (non-hydrogen) atoms. The van der Waals surface area contributed by atoms with E-state index in [2.05, 4.69) is 19.9 Å². The first kappa shape index (κ1) is 17.1. The van der Waals surface area contributed by atoms with E-state index in [-0.39, 0.29) is 15.7 Å². The first-order valence-electron chi connectivity index (χ1n) is 7.98. The predicted octanol–water partition coefficient (Wildman–Crippen LogP) is 2.27.